The molecule has 2 atom stereocenters. The zero-order chi connectivity index (χ0) is 25.7. The maximum atomic E-state index is 13.7. The SMILES string of the molecule is CCOc1ccc(C(=O)C2C(=O)C(=O)N(Cc3ccco3)C2c2ccc(OCC)c(OCC)c2)cc1. The molecule has 1 aliphatic rings. The van der Waals surface area contributed by atoms with Gasteiger partial charge in [-0.15, -0.1) is 0 Å². The van der Waals surface area contributed by atoms with Crippen molar-refractivity contribution < 1.29 is 33.0 Å². The molecule has 8 heteroatoms. The number of carbonyl (C=O) groups excluding carboxylic acids is 3. The quantitative estimate of drug-likeness (QED) is 0.219. The van der Waals surface area contributed by atoms with Crippen LogP contribution in [0.4, 0.5) is 0 Å². The molecule has 4 rings (SSSR count). The van der Waals surface area contributed by atoms with Crippen molar-refractivity contribution in [2.75, 3.05) is 19.8 Å². The van der Waals surface area contributed by atoms with Gasteiger partial charge in [-0.25, -0.2) is 0 Å². The maximum Gasteiger partial charge on any atom is 0.291 e. The van der Waals surface area contributed by atoms with E-state index in [1.165, 1.54) is 11.2 Å². The summed E-state index contributed by atoms with van der Waals surface area (Å²) in [6.45, 7) is 6.98. The van der Waals surface area contributed by atoms with Gasteiger partial charge in [-0.3, -0.25) is 14.4 Å². The minimum absolute atomic E-state index is 0.0481. The molecule has 36 heavy (non-hydrogen) atoms. The van der Waals surface area contributed by atoms with Crippen LogP contribution in [0.2, 0.25) is 0 Å². The Hall–Kier alpha value is -4.07. The number of benzene rings is 2. The number of hydrogen-bond donors (Lipinski definition) is 0. The number of ether oxygens (including phenoxy) is 3. The molecule has 0 radical (unpaired) electrons. The number of likely N-dealkylation sites (tertiary alicyclic amines) is 1. The van der Waals surface area contributed by atoms with Crippen molar-refractivity contribution >= 4 is 17.5 Å². The highest BCUT2D eigenvalue weighted by Gasteiger charge is 2.52. The second-order valence-corrected chi connectivity index (χ2v) is 8.19. The molecule has 1 aliphatic heterocycles. The molecular weight excluding hydrogens is 462 g/mol. The Morgan fingerprint density at radius 3 is 2.22 bits per heavy atom. The van der Waals surface area contributed by atoms with Crippen molar-refractivity contribution in [1.29, 1.82) is 0 Å². The summed E-state index contributed by atoms with van der Waals surface area (Å²) in [6.07, 6.45) is 1.50. The third kappa shape index (κ3) is 4.98. The van der Waals surface area contributed by atoms with Crippen LogP contribution in [0.1, 0.15) is 48.5 Å². The summed E-state index contributed by atoms with van der Waals surface area (Å²) in [5, 5.41) is 0. The average Bonchev–Trinajstić information content (AvgIpc) is 3.48. The highest BCUT2D eigenvalue weighted by atomic mass is 16.5. The first-order chi connectivity index (χ1) is 17.5. The summed E-state index contributed by atoms with van der Waals surface area (Å²) in [5.74, 6) is -0.990. The van der Waals surface area contributed by atoms with E-state index in [4.69, 9.17) is 18.6 Å². The molecule has 1 amide bonds. The molecule has 1 fully saturated rings. The summed E-state index contributed by atoms with van der Waals surface area (Å²) in [5.41, 5.74) is 0.919. The lowest BCUT2D eigenvalue weighted by Crippen LogP contribution is -2.30. The fourth-order valence-corrected chi connectivity index (χ4v) is 4.41. The van der Waals surface area contributed by atoms with Crippen LogP contribution >= 0.6 is 0 Å². The molecule has 2 aromatic carbocycles. The first kappa shape index (κ1) is 25.0. The monoisotopic (exact) mass is 491 g/mol. The standard InChI is InChI=1S/C28H29NO7/c1-4-33-20-12-9-18(10-13-20)26(30)24-25(19-11-14-22(34-5-2)23(16-19)35-6-3)29(28(32)27(24)31)17-21-8-7-15-36-21/h7-16,24-25H,4-6,17H2,1-3H3. The van der Waals surface area contributed by atoms with Crippen LogP contribution in [0.5, 0.6) is 17.2 Å². The van der Waals surface area contributed by atoms with Gasteiger partial charge >= 0.3 is 0 Å². The number of Topliss-reactive ketones (excluding diaryl/α,β-unsaturated/α-hetero) is 2. The Morgan fingerprint density at radius 1 is 0.889 bits per heavy atom. The summed E-state index contributed by atoms with van der Waals surface area (Å²) >= 11 is 0. The number of amides is 1. The topological polar surface area (TPSA) is 95.3 Å². The predicted octanol–water partition coefficient (Wildman–Crippen LogP) is 4.63. The van der Waals surface area contributed by atoms with E-state index in [9.17, 15) is 14.4 Å². The van der Waals surface area contributed by atoms with E-state index in [0.717, 1.165) is 0 Å². The first-order valence-corrected chi connectivity index (χ1v) is 12.0. The molecule has 1 aromatic heterocycles. The average molecular weight is 492 g/mol. The molecule has 1 saturated heterocycles. The van der Waals surface area contributed by atoms with Gasteiger partial charge in [-0.1, -0.05) is 6.07 Å². The largest absolute Gasteiger partial charge is 0.494 e. The highest BCUT2D eigenvalue weighted by Crippen LogP contribution is 2.42. The third-order valence-electron chi connectivity index (χ3n) is 5.95. The molecule has 0 bridgehead atoms. The molecule has 0 spiro atoms. The van der Waals surface area contributed by atoms with Gasteiger partial charge in [0.15, 0.2) is 17.3 Å². The van der Waals surface area contributed by atoms with Gasteiger partial charge in [0.05, 0.1) is 38.7 Å². The van der Waals surface area contributed by atoms with E-state index in [1.54, 1.807) is 54.6 Å². The molecule has 0 saturated carbocycles. The van der Waals surface area contributed by atoms with Crippen molar-refractivity contribution in [3.05, 3.63) is 77.7 Å². The number of furan rings is 1. The van der Waals surface area contributed by atoms with Crippen molar-refractivity contribution in [1.82, 2.24) is 4.90 Å². The number of nitrogens with zero attached hydrogens (tertiary/aromatic N) is 1. The number of carbonyl (C=O) groups is 3. The van der Waals surface area contributed by atoms with Crippen molar-refractivity contribution in [3.8, 4) is 17.2 Å². The van der Waals surface area contributed by atoms with E-state index in [2.05, 4.69) is 0 Å². The van der Waals surface area contributed by atoms with E-state index in [1.807, 2.05) is 20.8 Å². The third-order valence-corrected chi connectivity index (χ3v) is 5.95. The number of ketones is 2. The van der Waals surface area contributed by atoms with Gasteiger partial charge in [0.2, 0.25) is 5.78 Å². The summed E-state index contributed by atoms with van der Waals surface area (Å²) < 4.78 is 22.3. The van der Waals surface area contributed by atoms with Gasteiger partial charge in [0.25, 0.3) is 5.91 Å². The fourth-order valence-electron chi connectivity index (χ4n) is 4.41. The molecule has 2 heterocycles. The Kier molecular flexibility index (Phi) is 7.73. The van der Waals surface area contributed by atoms with E-state index < -0.39 is 29.4 Å². The summed E-state index contributed by atoms with van der Waals surface area (Å²) in [6, 6.07) is 14.4. The maximum absolute atomic E-state index is 13.7. The number of rotatable bonds is 11. The van der Waals surface area contributed by atoms with E-state index >= 15 is 0 Å². The molecule has 0 N–H and O–H groups in total. The van der Waals surface area contributed by atoms with Gasteiger partial charge in [-0.2, -0.15) is 0 Å². The van der Waals surface area contributed by atoms with Crippen LogP contribution in [0.15, 0.2) is 65.3 Å². The van der Waals surface area contributed by atoms with Crippen molar-refractivity contribution in [3.63, 3.8) is 0 Å². The highest BCUT2D eigenvalue weighted by molar-refractivity contribution is 6.44. The fraction of sp³-hybridized carbons (Fsp3) is 0.321. The molecule has 188 valence electrons. The normalized spacial score (nSPS) is 17.4. The molecule has 2 unspecified atom stereocenters. The second-order valence-electron chi connectivity index (χ2n) is 8.19. The van der Waals surface area contributed by atoms with Crippen LogP contribution in [0.25, 0.3) is 0 Å². The Labute approximate surface area is 209 Å². The second kappa shape index (κ2) is 11.1. The first-order valence-electron chi connectivity index (χ1n) is 12.0. The zero-order valence-electron chi connectivity index (χ0n) is 20.6. The Morgan fingerprint density at radius 2 is 1.58 bits per heavy atom. The summed E-state index contributed by atoms with van der Waals surface area (Å²) in [4.78, 5) is 41.5. The molecule has 0 aliphatic carbocycles. The Bertz CT molecular complexity index is 1220. The smallest absolute Gasteiger partial charge is 0.291 e. The lowest BCUT2D eigenvalue weighted by Gasteiger charge is -2.27. The number of hydrogen-bond acceptors (Lipinski definition) is 7. The minimum Gasteiger partial charge on any atom is -0.494 e. The van der Waals surface area contributed by atoms with Crippen molar-refractivity contribution in [2.24, 2.45) is 5.92 Å². The van der Waals surface area contributed by atoms with E-state index in [-0.39, 0.29) is 6.54 Å². The van der Waals surface area contributed by atoms with E-state index in [0.29, 0.717) is 54.0 Å². The van der Waals surface area contributed by atoms with Crippen LogP contribution in [-0.4, -0.2) is 42.2 Å². The molecule has 3 aromatic rings. The Balaban J connectivity index is 1.77. The minimum atomic E-state index is -1.22. The molecule has 8 nitrogen and oxygen atoms in total. The van der Waals surface area contributed by atoms with Crippen LogP contribution < -0.4 is 14.2 Å². The van der Waals surface area contributed by atoms with Gasteiger partial charge in [-0.05, 0) is 74.9 Å². The van der Waals surface area contributed by atoms with Gasteiger partial charge in [0.1, 0.15) is 17.4 Å². The van der Waals surface area contributed by atoms with Crippen LogP contribution in [-0.2, 0) is 16.1 Å². The zero-order valence-corrected chi connectivity index (χ0v) is 20.6. The van der Waals surface area contributed by atoms with Gasteiger partial charge < -0.3 is 23.5 Å². The van der Waals surface area contributed by atoms with Crippen LogP contribution in [0, 0.1) is 5.92 Å². The lowest BCUT2D eigenvalue weighted by atomic mass is 9.86. The predicted molar refractivity (Wildman–Crippen MR) is 131 cm³/mol. The lowest BCUT2D eigenvalue weighted by molar-refractivity contribution is -0.141. The van der Waals surface area contributed by atoms with Crippen molar-refractivity contribution in [2.45, 2.75) is 33.4 Å². The van der Waals surface area contributed by atoms with Crippen LogP contribution in [0.3, 0.4) is 0 Å². The van der Waals surface area contributed by atoms with Gasteiger partial charge in [0, 0.05) is 5.56 Å². The summed E-state index contributed by atoms with van der Waals surface area (Å²) in [7, 11) is 0. The molecular formula is C28H29NO7.